The molecule has 16 heavy (non-hydrogen) atoms. The minimum Gasteiger partial charge on any atom is -0.0985 e. The average molecular weight is 214 g/mol. The van der Waals surface area contributed by atoms with E-state index in [-0.39, 0.29) is 0 Å². The van der Waals surface area contributed by atoms with Gasteiger partial charge in [-0.05, 0) is 24.0 Å². The summed E-state index contributed by atoms with van der Waals surface area (Å²) in [5.41, 5.74) is 2.53. The Hall–Kier alpha value is -1.30. The van der Waals surface area contributed by atoms with E-state index in [9.17, 15) is 0 Å². The van der Waals surface area contributed by atoms with Gasteiger partial charge in [0.1, 0.15) is 0 Å². The maximum atomic E-state index is 3.88. The summed E-state index contributed by atoms with van der Waals surface area (Å²) >= 11 is 0. The fraction of sp³-hybridized carbons (Fsp3) is 0.375. The first-order chi connectivity index (χ1) is 7.88. The third-order valence-electron chi connectivity index (χ3n) is 2.75. The molecule has 1 aromatic rings. The van der Waals surface area contributed by atoms with Crippen LogP contribution in [0.2, 0.25) is 0 Å². The zero-order valence-corrected chi connectivity index (χ0v) is 10.3. The quantitative estimate of drug-likeness (QED) is 0.431. The molecule has 1 rings (SSSR count). The summed E-state index contributed by atoms with van der Waals surface area (Å²) in [4.78, 5) is 0. The van der Waals surface area contributed by atoms with Crippen molar-refractivity contribution >= 4 is 5.57 Å². The van der Waals surface area contributed by atoms with E-state index in [4.69, 9.17) is 0 Å². The van der Waals surface area contributed by atoms with Crippen LogP contribution >= 0.6 is 0 Å². The van der Waals surface area contributed by atoms with Gasteiger partial charge < -0.3 is 0 Å². The third-order valence-corrected chi connectivity index (χ3v) is 2.75. The smallest absolute Gasteiger partial charge is 0.0187 e. The molecule has 0 aromatic heterocycles. The monoisotopic (exact) mass is 214 g/mol. The van der Waals surface area contributed by atoms with Crippen LogP contribution in [0.15, 0.2) is 49.1 Å². The molecule has 0 saturated heterocycles. The van der Waals surface area contributed by atoms with E-state index in [2.05, 4.69) is 43.8 Å². The first kappa shape index (κ1) is 12.8. The molecule has 0 spiro atoms. The van der Waals surface area contributed by atoms with Crippen LogP contribution < -0.4 is 0 Å². The van der Waals surface area contributed by atoms with Crippen LogP contribution in [0, 0.1) is 0 Å². The Labute approximate surface area is 99.7 Å². The Balaban J connectivity index is 2.48. The molecule has 0 N–H and O–H groups in total. The lowest BCUT2D eigenvalue weighted by Gasteiger charge is -2.02. The summed E-state index contributed by atoms with van der Waals surface area (Å²) in [6, 6.07) is 10.5. The third kappa shape index (κ3) is 4.48. The topological polar surface area (TPSA) is 0 Å². The predicted octanol–water partition coefficient (Wildman–Crippen LogP) is 5.23. The molecule has 0 nitrogen and oxygen atoms in total. The summed E-state index contributed by atoms with van der Waals surface area (Å²) in [6.45, 7) is 6.13. The maximum absolute atomic E-state index is 3.88. The molecule has 0 saturated carbocycles. The number of benzene rings is 1. The number of rotatable bonds is 7. The molecular weight excluding hydrogens is 192 g/mol. The van der Waals surface area contributed by atoms with Gasteiger partial charge in [0.15, 0.2) is 0 Å². The molecular formula is C16H22. The largest absolute Gasteiger partial charge is 0.0985 e. The fourth-order valence-electron chi connectivity index (χ4n) is 1.78. The van der Waals surface area contributed by atoms with Crippen LogP contribution in [0.25, 0.3) is 5.57 Å². The van der Waals surface area contributed by atoms with Crippen LogP contribution in [0.5, 0.6) is 0 Å². The van der Waals surface area contributed by atoms with Crippen LogP contribution in [-0.4, -0.2) is 0 Å². The Bertz CT molecular complexity index is 319. The van der Waals surface area contributed by atoms with Gasteiger partial charge in [-0.2, -0.15) is 0 Å². The van der Waals surface area contributed by atoms with Crippen molar-refractivity contribution < 1.29 is 0 Å². The first-order valence-corrected chi connectivity index (χ1v) is 6.26. The molecule has 0 aliphatic carbocycles. The second-order valence-electron chi connectivity index (χ2n) is 4.08. The summed E-state index contributed by atoms with van der Waals surface area (Å²) < 4.78 is 0. The normalized spacial score (nSPS) is 11.4. The lowest BCUT2D eigenvalue weighted by molar-refractivity contribution is 0.675. The zero-order chi connectivity index (χ0) is 11.6. The summed E-state index contributed by atoms with van der Waals surface area (Å²) in [6.07, 6.45) is 10.7. The van der Waals surface area contributed by atoms with Gasteiger partial charge in [-0.15, -0.1) is 0 Å². The van der Waals surface area contributed by atoms with Crippen molar-refractivity contribution in [3.63, 3.8) is 0 Å². The van der Waals surface area contributed by atoms with Crippen molar-refractivity contribution in [2.45, 2.75) is 39.0 Å². The lowest BCUT2D eigenvalue weighted by atomic mass is 10.0. The van der Waals surface area contributed by atoms with E-state index in [1.54, 1.807) is 0 Å². The Kier molecular flexibility index (Phi) is 6.32. The zero-order valence-electron chi connectivity index (χ0n) is 10.3. The summed E-state index contributed by atoms with van der Waals surface area (Å²) in [5, 5.41) is 0. The second-order valence-corrected chi connectivity index (χ2v) is 4.08. The Morgan fingerprint density at radius 2 is 1.88 bits per heavy atom. The molecule has 0 aliphatic heterocycles. The highest BCUT2D eigenvalue weighted by Gasteiger charge is 1.95. The number of unbranched alkanes of at least 4 members (excludes halogenated alkanes) is 4. The summed E-state index contributed by atoms with van der Waals surface area (Å²) in [7, 11) is 0. The first-order valence-electron chi connectivity index (χ1n) is 6.26. The molecule has 1 aromatic carbocycles. The van der Waals surface area contributed by atoms with Crippen molar-refractivity contribution in [1.29, 1.82) is 0 Å². The van der Waals surface area contributed by atoms with Gasteiger partial charge in [0.2, 0.25) is 0 Å². The van der Waals surface area contributed by atoms with Crippen molar-refractivity contribution in [2.24, 2.45) is 0 Å². The lowest BCUT2D eigenvalue weighted by Crippen LogP contribution is -1.81. The fourth-order valence-corrected chi connectivity index (χ4v) is 1.78. The minimum absolute atomic E-state index is 1.16. The average Bonchev–Trinajstić information content (AvgIpc) is 2.35. The molecule has 0 atom stereocenters. The van der Waals surface area contributed by atoms with Gasteiger partial charge in [0, 0.05) is 0 Å². The highest BCUT2D eigenvalue weighted by atomic mass is 14.0. The molecule has 0 heteroatoms. The number of hydrogen-bond donors (Lipinski definition) is 0. The molecule has 0 amide bonds. The van der Waals surface area contributed by atoms with Gasteiger partial charge >= 0.3 is 0 Å². The van der Waals surface area contributed by atoms with E-state index in [1.807, 2.05) is 12.1 Å². The summed E-state index contributed by atoms with van der Waals surface area (Å²) in [5.74, 6) is 0. The van der Waals surface area contributed by atoms with Crippen LogP contribution in [-0.2, 0) is 0 Å². The van der Waals surface area contributed by atoms with Crippen molar-refractivity contribution in [2.75, 3.05) is 0 Å². The van der Waals surface area contributed by atoms with Crippen molar-refractivity contribution in [3.8, 4) is 0 Å². The van der Waals surface area contributed by atoms with E-state index in [0.29, 0.717) is 0 Å². The predicted molar refractivity (Wildman–Crippen MR) is 73.4 cm³/mol. The number of allylic oxidation sites excluding steroid dienone is 3. The van der Waals surface area contributed by atoms with Gasteiger partial charge in [0.05, 0.1) is 0 Å². The molecule has 0 fully saturated rings. The second kappa shape index (κ2) is 7.92. The van der Waals surface area contributed by atoms with Gasteiger partial charge in [-0.3, -0.25) is 0 Å². The molecule has 0 unspecified atom stereocenters. The minimum atomic E-state index is 1.16. The molecule has 0 aliphatic rings. The van der Waals surface area contributed by atoms with E-state index < -0.39 is 0 Å². The molecule has 0 radical (unpaired) electrons. The van der Waals surface area contributed by atoms with Crippen LogP contribution in [0.3, 0.4) is 0 Å². The van der Waals surface area contributed by atoms with Gasteiger partial charge in [-0.25, -0.2) is 0 Å². The van der Waals surface area contributed by atoms with Gasteiger partial charge in [0.25, 0.3) is 0 Å². The van der Waals surface area contributed by atoms with Crippen LogP contribution in [0.4, 0.5) is 0 Å². The molecule has 86 valence electrons. The van der Waals surface area contributed by atoms with Crippen molar-refractivity contribution in [3.05, 3.63) is 54.6 Å². The van der Waals surface area contributed by atoms with E-state index in [1.165, 1.54) is 36.8 Å². The highest BCUT2D eigenvalue weighted by Crippen LogP contribution is 2.16. The Morgan fingerprint density at radius 3 is 2.50 bits per heavy atom. The molecule has 0 heterocycles. The Morgan fingerprint density at radius 1 is 1.12 bits per heavy atom. The highest BCUT2D eigenvalue weighted by molar-refractivity contribution is 5.73. The molecule has 0 bridgehead atoms. The van der Waals surface area contributed by atoms with E-state index in [0.717, 1.165) is 6.42 Å². The number of hydrogen-bond acceptors (Lipinski definition) is 0. The van der Waals surface area contributed by atoms with E-state index >= 15 is 0 Å². The SMILES string of the molecule is C=C/C(=C/CCCCCC)c1ccccc1. The maximum Gasteiger partial charge on any atom is -0.0187 e. The van der Waals surface area contributed by atoms with Gasteiger partial charge in [-0.1, -0.05) is 75.2 Å². The van der Waals surface area contributed by atoms with Crippen molar-refractivity contribution in [1.82, 2.24) is 0 Å². The van der Waals surface area contributed by atoms with Crippen LogP contribution in [0.1, 0.15) is 44.6 Å². The standard InChI is InChI=1S/C16H22/c1-3-5-6-7-9-12-15(4-2)16-13-10-8-11-14-16/h4,8,10-14H,2-3,5-7,9H2,1H3/b15-12-.